The van der Waals surface area contributed by atoms with E-state index in [-0.39, 0.29) is 12.1 Å². The Bertz CT molecular complexity index is 2070. The molecular formula is C43H36NO4P. The van der Waals surface area contributed by atoms with Gasteiger partial charge in [-0.1, -0.05) is 115 Å². The summed E-state index contributed by atoms with van der Waals surface area (Å²) in [5.74, 6) is 4.01. The molecule has 0 bridgehead atoms. The van der Waals surface area contributed by atoms with Crippen molar-refractivity contribution < 1.29 is 18.5 Å². The van der Waals surface area contributed by atoms with Gasteiger partial charge in [-0.15, -0.1) is 0 Å². The number of hydrogen-bond acceptors (Lipinski definition) is 5. The summed E-state index contributed by atoms with van der Waals surface area (Å²) in [7, 11) is -1.46. The molecule has 0 radical (unpaired) electrons. The minimum absolute atomic E-state index is 0.110. The Hall–Kier alpha value is -4.93. The predicted octanol–water partition coefficient (Wildman–Crippen LogP) is 11.3. The van der Waals surface area contributed by atoms with E-state index in [4.69, 9.17) is 18.5 Å². The molecule has 49 heavy (non-hydrogen) atoms. The fourth-order valence-corrected chi connectivity index (χ4v) is 9.54. The molecule has 6 aromatic carbocycles. The van der Waals surface area contributed by atoms with Gasteiger partial charge in [-0.3, -0.25) is 4.90 Å². The van der Waals surface area contributed by atoms with Gasteiger partial charge in [0.2, 0.25) is 8.38 Å². The molecule has 0 N–H and O–H groups in total. The quantitative estimate of drug-likeness (QED) is 0.166. The van der Waals surface area contributed by atoms with Gasteiger partial charge >= 0.3 is 0 Å². The average Bonchev–Trinajstić information content (AvgIpc) is 3.21. The van der Waals surface area contributed by atoms with Gasteiger partial charge in [0.15, 0.2) is 0 Å². The lowest BCUT2D eigenvalue weighted by atomic mass is 9.61. The average molecular weight is 662 g/mol. The topological polar surface area (TPSA) is 40.2 Å². The Kier molecular flexibility index (Phi) is 7.50. The van der Waals surface area contributed by atoms with E-state index in [0.29, 0.717) is 12.9 Å². The van der Waals surface area contributed by atoms with Crippen LogP contribution < -0.4 is 14.0 Å². The second-order valence-electron chi connectivity index (χ2n) is 12.9. The summed E-state index contributed by atoms with van der Waals surface area (Å²) in [5, 5.41) is 0. The molecule has 6 heteroatoms. The summed E-state index contributed by atoms with van der Waals surface area (Å²) in [6, 6.07) is 50.8. The lowest BCUT2D eigenvalue weighted by Crippen LogP contribution is -2.38. The SMILES string of the molecule is C[C@H](c1ccccc1)N(CP1OCc2cccc3c2[C@]2(c4ccccc4O3)c3ccccc3Oc3cccc(c32)O1)[C@H](C)c1ccccc1. The van der Waals surface area contributed by atoms with Gasteiger partial charge in [-0.25, -0.2) is 0 Å². The number of nitrogens with zero attached hydrogens (tertiary/aromatic N) is 1. The lowest BCUT2D eigenvalue weighted by Gasteiger charge is -2.45. The van der Waals surface area contributed by atoms with Crippen LogP contribution in [0.5, 0.6) is 28.7 Å². The molecule has 0 fully saturated rings. The highest BCUT2D eigenvalue weighted by atomic mass is 31.2. The summed E-state index contributed by atoms with van der Waals surface area (Å²) in [6.07, 6.45) is 0.595. The molecule has 3 heterocycles. The van der Waals surface area contributed by atoms with Crippen molar-refractivity contribution in [3.8, 4) is 28.7 Å². The Morgan fingerprint density at radius 3 is 1.65 bits per heavy atom. The third kappa shape index (κ3) is 4.88. The van der Waals surface area contributed by atoms with E-state index in [1.54, 1.807) is 0 Å². The number of para-hydroxylation sites is 2. The zero-order valence-electron chi connectivity index (χ0n) is 27.5. The van der Waals surface area contributed by atoms with Gasteiger partial charge in [-0.05, 0) is 60.9 Å². The monoisotopic (exact) mass is 661 g/mol. The number of hydrogen-bond donors (Lipinski definition) is 0. The van der Waals surface area contributed by atoms with Crippen molar-refractivity contribution >= 4 is 8.38 Å². The minimum Gasteiger partial charge on any atom is -0.457 e. The van der Waals surface area contributed by atoms with Crippen molar-refractivity contribution in [2.75, 3.05) is 6.29 Å². The molecule has 0 saturated heterocycles. The van der Waals surface area contributed by atoms with Crippen molar-refractivity contribution in [2.24, 2.45) is 0 Å². The predicted molar refractivity (Wildman–Crippen MR) is 194 cm³/mol. The third-order valence-corrected chi connectivity index (χ3v) is 11.6. The number of rotatable bonds is 6. The summed E-state index contributed by atoms with van der Waals surface area (Å²) in [5.41, 5.74) is 7.00. The number of benzene rings is 6. The third-order valence-electron chi connectivity index (χ3n) is 10.3. The molecule has 1 unspecified atom stereocenters. The van der Waals surface area contributed by atoms with Crippen LogP contribution in [0.2, 0.25) is 0 Å². The molecule has 0 aliphatic carbocycles. The maximum atomic E-state index is 7.20. The smallest absolute Gasteiger partial charge is 0.245 e. The minimum atomic E-state index is -1.46. The summed E-state index contributed by atoms with van der Waals surface area (Å²) in [4.78, 5) is 2.51. The van der Waals surface area contributed by atoms with Crippen molar-refractivity contribution in [2.45, 2.75) is 38.0 Å². The molecule has 5 nitrogen and oxygen atoms in total. The molecule has 0 saturated carbocycles. The molecule has 3 aliphatic rings. The standard InChI is InChI=1S/C43H36NO4P/c1-29(31-15-5-3-6-16-31)44(30(2)32-17-7-4-8-18-32)28-49-45-27-33-19-13-24-38-41(33)43(34-20-9-11-22-36(34)46-38)35-21-10-12-23-37(35)47-39-25-14-26-40(48-49)42(39)43/h3-26,29-30H,27-28H2,1-2H3/t29-,30-,43+,49?/m1/s1. The Labute approximate surface area is 288 Å². The van der Waals surface area contributed by atoms with Crippen LogP contribution in [0.1, 0.15) is 64.9 Å². The molecule has 0 amide bonds. The second kappa shape index (κ2) is 12.2. The van der Waals surface area contributed by atoms with E-state index in [1.807, 2.05) is 18.2 Å². The van der Waals surface area contributed by atoms with Crippen molar-refractivity contribution in [3.05, 3.63) is 185 Å². The van der Waals surface area contributed by atoms with Crippen LogP contribution in [-0.2, 0) is 16.5 Å². The van der Waals surface area contributed by atoms with E-state index in [9.17, 15) is 0 Å². The zero-order valence-corrected chi connectivity index (χ0v) is 28.3. The highest BCUT2D eigenvalue weighted by molar-refractivity contribution is 7.47. The first-order chi connectivity index (χ1) is 24.1. The Balaban J connectivity index is 1.23. The van der Waals surface area contributed by atoms with E-state index >= 15 is 0 Å². The van der Waals surface area contributed by atoms with Crippen LogP contribution in [0.3, 0.4) is 0 Å². The molecule has 6 aromatic rings. The first-order valence-corrected chi connectivity index (χ1v) is 18.2. The molecule has 4 atom stereocenters. The van der Waals surface area contributed by atoms with Gasteiger partial charge in [0.25, 0.3) is 0 Å². The van der Waals surface area contributed by atoms with Crippen LogP contribution in [0.15, 0.2) is 146 Å². The first-order valence-electron chi connectivity index (χ1n) is 16.9. The highest BCUT2D eigenvalue weighted by Crippen LogP contribution is 2.65. The van der Waals surface area contributed by atoms with Gasteiger partial charge in [-0.2, -0.15) is 0 Å². The molecule has 3 aliphatic heterocycles. The van der Waals surface area contributed by atoms with E-state index in [2.05, 4.69) is 146 Å². The summed E-state index contributed by atoms with van der Waals surface area (Å²) >= 11 is 0. The van der Waals surface area contributed by atoms with Crippen LogP contribution in [-0.4, -0.2) is 11.2 Å². The number of ether oxygens (including phenoxy) is 2. The van der Waals surface area contributed by atoms with E-state index < -0.39 is 13.8 Å². The largest absolute Gasteiger partial charge is 0.457 e. The van der Waals surface area contributed by atoms with E-state index in [0.717, 1.165) is 56.6 Å². The summed E-state index contributed by atoms with van der Waals surface area (Å²) in [6.45, 7) is 4.93. The molecule has 9 rings (SSSR count). The van der Waals surface area contributed by atoms with Crippen molar-refractivity contribution in [3.63, 3.8) is 0 Å². The molecule has 1 spiro atoms. The molecular weight excluding hydrogens is 625 g/mol. The van der Waals surface area contributed by atoms with Crippen molar-refractivity contribution in [1.82, 2.24) is 4.90 Å². The van der Waals surface area contributed by atoms with Crippen LogP contribution in [0, 0.1) is 0 Å². The molecule has 0 aromatic heterocycles. The van der Waals surface area contributed by atoms with Crippen LogP contribution in [0.4, 0.5) is 0 Å². The van der Waals surface area contributed by atoms with Crippen LogP contribution >= 0.6 is 8.38 Å². The fraction of sp³-hybridized carbons (Fsp3) is 0.163. The Morgan fingerprint density at radius 2 is 1.04 bits per heavy atom. The van der Waals surface area contributed by atoms with Gasteiger partial charge < -0.3 is 18.5 Å². The fourth-order valence-electron chi connectivity index (χ4n) is 7.93. The summed E-state index contributed by atoms with van der Waals surface area (Å²) < 4.78 is 27.6. The lowest BCUT2D eigenvalue weighted by molar-refractivity contribution is 0.171. The maximum Gasteiger partial charge on any atom is 0.245 e. The van der Waals surface area contributed by atoms with Gasteiger partial charge in [0.05, 0.1) is 23.9 Å². The van der Waals surface area contributed by atoms with Gasteiger partial charge in [0, 0.05) is 28.8 Å². The normalized spacial score (nSPS) is 19.5. The number of fused-ring (bicyclic) bond motifs is 2. The highest BCUT2D eigenvalue weighted by Gasteiger charge is 2.54. The van der Waals surface area contributed by atoms with Crippen LogP contribution in [0.25, 0.3) is 0 Å². The first kappa shape index (κ1) is 30.2. The van der Waals surface area contributed by atoms with E-state index in [1.165, 1.54) is 11.1 Å². The van der Waals surface area contributed by atoms with Gasteiger partial charge in [0.1, 0.15) is 28.7 Å². The second-order valence-corrected chi connectivity index (χ2v) is 14.3. The Morgan fingerprint density at radius 1 is 0.551 bits per heavy atom. The van der Waals surface area contributed by atoms with Crippen molar-refractivity contribution in [1.29, 1.82) is 0 Å². The zero-order chi connectivity index (χ0) is 33.0. The maximum absolute atomic E-state index is 7.20. The molecule has 242 valence electrons.